The third-order valence-corrected chi connectivity index (χ3v) is 9.95. The SMILES string of the molecule is CCN(CC)CC.C[C@@]12CCC(O)CC1=CCC1C2CC[C@]2(C)C1CC[C@]2(O)C#CC(=O)O. The second kappa shape index (κ2) is 10.1. The number of rotatable bonds is 3. The van der Waals surface area contributed by atoms with Crippen LogP contribution in [0, 0.1) is 40.4 Å². The summed E-state index contributed by atoms with van der Waals surface area (Å²) < 4.78 is 0. The van der Waals surface area contributed by atoms with Crippen LogP contribution in [-0.4, -0.2) is 57.5 Å². The zero-order valence-corrected chi connectivity index (χ0v) is 21.4. The van der Waals surface area contributed by atoms with E-state index in [0.29, 0.717) is 24.2 Å². The van der Waals surface area contributed by atoms with Crippen LogP contribution in [0.1, 0.15) is 86.0 Å². The molecule has 0 aromatic carbocycles. The van der Waals surface area contributed by atoms with E-state index in [4.69, 9.17) is 5.11 Å². The Morgan fingerprint density at radius 3 is 2.27 bits per heavy atom. The Kier molecular flexibility index (Phi) is 8.04. The van der Waals surface area contributed by atoms with E-state index >= 15 is 0 Å². The molecular weight excluding hydrogens is 414 g/mol. The van der Waals surface area contributed by atoms with Crippen LogP contribution < -0.4 is 0 Å². The highest BCUT2D eigenvalue weighted by molar-refractivity contribution is 5.86. The van der Waals surface area contributed by atoms with Crippen molar-refractivity contribution in [1.82, 2.24) is 4.90 Å². The maximum absolute atomic E-state index is 11.2. The van der Waals surface area contributed by atoms with Crippen LogP contribution in [0.3, 0.4) is 0 Å². The molecule has 0 radical (unpaired) electrons. The van der Waals surface area contributed by atoms with Crippen molar-refractivity contribution in [2.24, 2.45) is 28.6 Å². The lowest BCUT2D eigenvalue weighted by molar-refractivity contribution is -0.130. The summed E-state index contributed by atoms with van der Waals surface area (Å²) in [5.41, 5.74) is 0.109. The maximum Gasteiger partial charge on any atom is 0.382 e. The predicted molar refractivity (Wildman–Crippen MR) is 132 cm³/mol. The van der Waals surface area contributed by atoms with E-state index in [-0.39, 0.29) is 16.9 Å². The average molecular weight is 460 g/mol. The van der Waals surface area contributed by atoms with E-state index in [9.17, 15) is 15.0 Å². The fourth-order valence-corrected chi connectivity index (χ4v) is 7.69. The first-order chi connectivity index (χ1) is 15.5. The van der Waals surface area contributed by atoms with Crippen LogP contribution >= 0.6 is 0 Å². The molecule has 3 N–H and O–H groups in total. The number of allylic oxidation sites excluding steroid dienone is 1. The van der Waals surface area contributed by atoms with Gasteiger partial charge < -0.3 is 20.2 Å². The van der Waals surface area contributed by atoms with E-state index < -0.39 is 11.6 Å². The zero-order chi connectivity index (χ0) is 24.4. The molecule has 0 saturated heterocycles. The van der Waals surface area contributed by atoms with Gasteiger partial charge in [-0.2, -0.15) is 0 Å². The molecule has 4 rings (SSSR count). The highest BCUT2D eigenvalue weighted by atomic mass is 16.4. The number of carboxylic acids is 1. The van der Waals surface area contributed by atoms with E-state index in [1.807, 2.05) is 0 Å². The van der Waals surface area contributed by atoms with Gasteiger partial charge in [0, 0.05) is 11.3 Å². The first-order valence-corrected chi connectivity index (χ1v) is 13.1. The van der Waals surface area contributed by atoms with Gasteiger partial charge in [0.15, 0.2) is 0 Å². The Bertz CT molecular complexity index is 803. The van der Waals surface area contributed by atoms with Gasteiger partial charge in [0.1, 0.15) is 5.60 Å². The minimum absolute atomic E-state index is 0.178. The van der Waals surface area contributed by atoms with Gasteiger partial charge in [0.25, 0.3) is 0 Å². The number of nitrogens with zero attached hydrogens (tertiary/aromatic N) is 1. The fourth-order valence-electron chi connectivity index (χ4n) is 7.69. The van der Waals surface area contributed by atoms with Crippen LogP contribution in [0.5, 0.6) is 0 Å². The van der Waals surface area contributed by atoms with Crippen molar-refractivity contribution in [1.29, 1.82) is 0 Å². The van der Waals surface area contributed by atoms with E-state index in [0.717, 1.165) is 44.9 Å². The maximum atomic E-state index is 11.2. The highest BCUT2D eigenvalue weighted by Crippen LogP contribution is 2.67. The topological polar surface area (TPSA) is 81.0 Å². The molecule has 3 saturated carbocycles. The predicted octanol–water partition coefficient (Wildman–Crippen LogP) is 4.48. The van der Waals surface area contributed by atoms with Gasteiger partial charge in [0.2, 0.25) is 0 Å². The van der Waals surface area contributed by atoms with Crippen LogP contribution in [0.15, 0.2) is 11.6 Å². The minimum atomic E-state index is -1.19. The standard InChI is InChI=1S/C22H30O4.C6H15N/c1-20-9-5-15(23)13-14(20)3-4-16-17(20)6-10-21(2)18(16)7-11-22(21,26)12-8-19(24)25;1-4-7(5-2)6-3/h3,15-18,23,26H,4-7,9-11,13H2,1-2H3,(H,24,25);4-6H2,1-3H3/t15?,16?,17?,18?,20-,21-,22+;/m1./s1. The largest absolute Gasteiger partial charge is 0.472 e. The summed E-state index contributed by atoms with van der Waals surface area (Å²) >= 11 is 0. The van der Waals surface area contributed by atoms with Crippen molar-refractivity contribution in [3.05, 3.63) is 11.6 Å². The molecule has 7 atom stereocenters. The van der Waals surface area contributed by atoms with Gasteiger partial charge in [-0.25, -0.2) is 4.79 Å². The van der Waals surface area contributed by atoms with Crippen LogP contribution in [0.2, 0.25) is 0 Å². The van der Waals surface area contributed by atoms with Crippen LogP contribution in [0.25, 0.3) is 0 Å². The van der Waals surface area contributed by atoms with Crippen molar-refractivity contribution in [3.8, 4) is 11.8 Å². The smallest absolute Gasteiger partial charge is 0.382 e. The molecule has 0 aromatic heterocycles. The number of carboxylic acid groups (broad SMARTS) is 1. The Hall–Kier alpha value is -1.35. The van der Waals surface area contributed by atoms with E-state index in [2.05, 4.69) is 57.4 Å². The van der Waals surface area contributed by atoms with Crippen LogP contribution in [0.4, 0.5) is 0 Å². The molecule has 5 heteroatoms. The fraction of sp³-hybridized carbons (Fsp3) is 0.821. The van der Waals surface area contributed by atoms with Crippen molar-refractivity contribution in [2.75, 3.05) is 19.6 Å². The van der Waals surface area contributed by atoms with Gasteiger partial charge in [-0.05, 0) is 94.2 Å². The molecule has 0 aromatic rings. The van der Waals surface area contributed by atoms with E-state index in [1.165, 1.54) is 25.2 Å². The number of aliphatic hydroxyl groups excluding tert-OH is 1. The van der Waals surface area contributed by atoms with E-state index in [1.54, 1.807) is 0 Å². The first-order valence-electron chi connectivity index (χ1n) is 13.1. The summed E-state index contributed by atoms with van der Waals surface area (Å²) in [6.07, 6.45) is 9.39. The number of carbonyl (C=O) groups is 1. The quantitative estimate of drug-likeness (QED) is 0.428. The molecule has 5 nitrogen and oxygen atoms in total. The normalized spacial score (nSPS) is 41.4. The molecule has 4 aliphatic rings. The van der Waals surface area contributed by atoms with Crippen molar-refractivity contribution in [3.63, 3.8) is 0 Å². The summed E-state index contributed by atoms with van der Waals surface area (Å²) in [7, 11) is 0. The second-order valence-corrected chi connectivity index (χ2v) is 11.2. The molecule has 0 bridgehead atoms. The molecule has 4 unspecified atom stereocenters. The second-order valence-electron chi connectivity index (χ2n) is 11.2. The lowest BCUT2D eigenvalue weighted by atomic mass is 9.47. The van der Waals surface area contributed by atoms with Crippen molar-refractivity contribution in [2.45, 2.75) is 97.7 Å². The summed E-state index contributed by atoms with van der Waals surface area (Å²) in [5, 5.41) is 30.2. The van der Waals surface area contributed by atoms with Gasteiger partial charge in [-0.3, -0.25) is 0 Å². The number of fused-ring (bicyclic) bond motifs is 5. The van der Waals surface area contributed by atoms with Gasteiger partial charge in [-0.1, -0.05) is 52.2 Å². The first kappa shape index (κ1) is 26.3. The Balaban J connectivity index is 0.000000383. The molecular formula is C28H45NO4. The molecule has 0 spiro atoms. The molecule has 3 fully saturated rings. The molecule has 0 heterocycles. The highest BCUT2D eigenvalue weighted by Gasteiger charge is 2.63. The summed E-state index contributed by atoms with van der Waals surface area (Å²) in [5.74, 6) is 5.26. The van der Waals surface area contributed by atoms with Crippen molar-refractivity contribution < 1.29 is 20.1 Å². The molecule has 0 aliphatic heterocycles. The molecule has 4 aliphatic carbocycles. The van der Waals surface area contributed by atoms with Gasteiger partial charge in [-0.15, -0.1) is 0 Å². The van der Waals surface area contributed by atoms with Crippen molar-refractivity contribution >= 4 is 5.97 Å². The monoisotopic (exact) mass is 459 g/mol. The molecule has 186 valence electrons. The Morgan fingerprint density at radius 2 is 1.70 bits per heavy atom. The molecule has 33 heavy (non-hydrogen) atoms. The van der Waals surface area contributed by atoms with Gasteiger partial charge in [0.05, 0.1) is 6.10 Å². The third-order valence-electron chi connectivity index (χ3n) is 9.95. The lowest BCUT2D eigenvalue weighted by Crippen LogP contribution is -2.54. The number of aliphatic hydroxyl groups is 2. The van der Waals surface area contributed by atoms with Gasteiger partial charge >= 0.3 is 5.97 Å². The lowest BCUT2D eigenvalue weighted by Gasteiger charge is -2.58. The Morgan fingerprint density at radius 1 is 1.06 bits per heavy atom. The van der Waals surface area contributed by atoms with Crippen LogP contribution in [-0.2, 0) is 4.79 Å². The minimum Gasteiger partial charge on any atom is -0.472 e. The third kappa shape index (κ3) is 4.77. The average Bonchev–Trinajstić information content (AvgIpc) is 3.06. The summed E-state index contributed by atoms with van der Waals surface area (Å²) in [6, 6.07) is 0. The Labute approximate surface area is 200 Å². The summed E-state index contributed by atoms with van der Waals surface area (Å²) in [6.45, 7) is 14.6. The zero-order valence-electron chi connectivity index (χ0n) is 21.4. The molecule has 0 amide bonds. The number of aliphatic carboxylic acids is 1. The number of hydrogen-bond donors (Lipinski definition) is 3. The number of hydrogen-bond acceptors (Lipinski definition) is 4. The summed E-state index contributed by atoms with van der Waals surface area (Å²) in [4.78, 5) is 13.3.